The molecule has 0 spiro atoms. The molecule has 0 bridgehead atoms. The van der Waals surface area contributed by atoms with Gasteiger partial charge in [0.1, 0.15) is 0 Å². The van der Waals surface area contributed by atoms with Crippen molar-refractivity contribution < 1.29 is 5.11 Å². The molecule has 0 aromatic carbocycles. The maximum absolute atomic E-state index is 9.38. The quantitative estimate of drug-likeness (QED) is 0.907. The molecule has 2 heterocycles. The van der Waals surface area contributed by atoms with E-state index in [0.717, 1.165) is 13.0 Å². The SMILES string of the molecule is CC1CCCC(CO)N1Cc1cnc(Cl)s1. The van der Waals surface area contributed by atoms with E-state index in [4.69, 9.17) is 11.6 Å². The Morgan fingerprint density at radius 3 is 3.06 bits per heavy atom. The van der Waals surface area contributed by atoms with Gasteiger partial charge >= 0.3 is 0 Å². The highest BCUT2D eigenvalue weighted by molar-refractivity contribution is 7.15. The molecule has 1 aliphatic rings. The Bertz CT molecular complexity index is 344. The first kappa shape index (κ1) is 12.3. The molecule has 90 valence electrons. The van der Waals surface area contributed by atoms with Crippen molar-refractivity contribution in [2.24, 2.45) is 0 Å². The maximum atomic E-state index is 9.38. The van der Waals surface area contributed by atoms with E-state index in [9.17, 15) is 5.11 Å². The number of aliphatic hydroxyl groups is 1. The number of likely N-dealkylation sites (tertiary alicyclic amines) is 1. The van der Waals surface area contributed by atoms with Crippen LogP contribution in [-0.4, -0.2) is 33.7 Å². The summed E-state index contributed by atoms with van der Waals surface area (Å²) in [6.45, 7) is 3.33. The Morgan fingerprint density at radius 2 is 2.44 bits per heavy atom. The van der Waals surface area contributed by atoms with Crippen molar-refractivity contribution in [1.82, 2.24) is 9.88 Å². The second-order valence-electron chi connectivity index (χ2n) is 4.37. The molecule has 2 atom stereocenters. The number of aromatic nitrogens is 1. The molecule has 2 unspecified atom stereocenters. The molecule has 0 saturated carbocycles. The highest BCUT2D eigenvalue weighted by Crippen LogP contribution is 2.27. The van der Waals surface area contributed by atoms with E-state index in [0.29, 0.717) is 16.6 Å². The second kappa shape index (κ2) is 5.45. The Morgan fingerprint density at radius 1 is 1.62 bits per heavy atom. The topological polar surface area (TPSA) is 36.4 Å². The van der Waals surface area contributed by atoms with Crippen molar-refractivity contribution in [2.75, 3.05) is 6.61 Å². The van der Waals surface area contributed by atoms with Gasteiger partial charge in [-0.25, -0.2) is 4.98 Å². The molecule has 0 aliphatic carbocycles. The van der Waals surface area contributed by atoms with Gasteiger partial charge in [-0.05, 0) is 19.8 Å². The van der Waals surface area contributed by atoms with Gasteiger partial charge < -0.3 is 5.11 Å². The predicted octanol–water partition coefficient (Wildman–Crippen LogP) is 2.53. The molecule has 0 amide bonds. The Balaban J connectivity index is 2.05. The van der Waals surface area contributed by atoms with Gasteiger partial charge in [0.2, 0.25) is 0 Å². The molecule has 3 nitrogen and oxygen atoms in total. The maximum Gasteiger partial charge on any atom is 0.183 e. The normalized spacial score (nSPS) is 27.2. The zero-order chi connectivity index (χ0) is 11.5. The average Bonchev–Trinajstić information content (AvgIpc) is 2.67. The lowest BCUT2D eigenvalue weighted by Crippen LogP contribution is -2.46. The zero-order valence-corrected chi connectivity index (χ0v) is 11.0. The summed E-state index contributed by atoms with van der Waals surface area (Å²) in [7, 11) is 0. The molecule has 1 saturated heterocycles. The molecule has 0 radical (unpaired) electrons. The summed E-state index contributed by atoms with van der Waals surface area (Å²) in [5.74, 6) is 0. The van der Waals surface area contributed by atoms with Crippen molar-refractivity contribution in [3.63, 3.8) is 0 Å². The third-order valence-corrected chi connectivity index (χ3v) is 4.37. The van der Waals surface area contributed by atoms with Crippen molar-refractivity contribution in [3.05, 3.63) is 15.5 Å². The largest absolute Gasteiger partial charge is 0.395 e. The van der Waals surface area contributed by atoms with Gasteiger partial charge in [0, 0.05) is 29.7 Å². The Hall–Kier alpha value is -0.160. The number of rotatable bonds is 3. The first-order chi connectivity index (χ1) is 7.70. The number of nitrogens with zero attached hydrogens (tertiary/aromatic N) is 2. The van der Waals surface area contributed by atoms with Gasteiger partial charge in [0.25, 0.3) is 0 Å². The Kier molecular flexibility index (Phi) is 4.19. The fourth-order valence-corrected chi connectivity index (χ4v) is 3.35. The van der Waals surface area contributed by atoms with Crippen molar-refractivity contribution in [2.45, 2.75) is 44.8 Å². The van der Waals surface area contributed by atoms with Gasteiger partial charge in [0.05, 0.1) is 6.61 Å². The van der Waals surface area contributed by atoms with Crippen LogP contribution < -0.4 is 0 Å². The minimum absolute atomic E-state index is 0.247. The smallest absolute Gasteiger partial charge is 0.183 e. The van der Waals surface area contributed by atoms with Crippen LogP contribution in [0.5, 0.6) is 0 Å². The summed E-state index contributed by atoms with van der Waals surface area (Å²) in [6, 6.07) is 0.830. The summed E-state index contributed by atoms with van der Waals surface area (Å²) in [5, 5.41) is 9.38. The number of thiazole rings is 1. The van der Waals surface area contributed by atoms with Crippen LogP contribution in [0.1, 0.15) is 31.1 Å². The fourth-order valence-electron chi connectivity index (χ4n) is 2.36. The third kappa shape index (κ3) is 2.74. The van der Waals surface area contributed by atoms with E-state index in [1.807, 2.05) is 6.20 Å². The van der Waals surface area contributed by atoms with E-state index in [1.165, 1.54) is 29.1 Å². The first-order valence-corrected chi connectivity index (χ1v) is 6.87. The third-order valence-electron chi connectivity index (χ3n) is 3.27. The number of hydrogen-bond donors (Lipinski definition) is 1. The van der Waals surface area contributed by atoms with Crippen LogP contribution in [0.2, 0.25) is 4.47 Å². The van der Waals surface area contributed by atoms with E-state index in [1.54, 1.807) is 0 Å². The minimum atomic E-state index is 0.247. The molecule has 16 heavy (non-hydrogen) atoms. The molecule has 1 aromatic heterocycles. The molecule has 1 aliphatic heterocycles. The van der Waals surface area contributed by atoms with E-state index in [-0.39, 0.29) is 6.61 Å². The molecule has 2 rings (SSSR count). The summed E-state index contributed by atoms with van der Waals surface area (Å²) in [5.41, 5.74) is 0. The van der Waals surface area contributed by atoms with Crippen LogP contribution in [0, 0.1) is 0 Å². The summed E-state index contributed by atoms with van der Waals surface area (Å²) in [6.07, 6.45) is 5.35. The first-order valence-electron chi connectivity index (χ1n) is 5.67. The van der Waals surface area contributed by atoms with Gasteiger partial charge in [-0.15, -0.1) is 11.3 Å². The van der Waals surface area contributed by atoms with Crippen molar-refractivity contribution in [1.29, 1.82) is 0 Å². The monoisotopic (exact) mass is 260 g/mol. The molecule has 1 fully saturated rings. The number of piperidine rings is 1. The van der Waals surface area contributed by atoms with Crippen LogP contribution in [0.25, 0.3) is 0 Å². The number of halogens is 1. The second-order valence-corrected chi connectivity index (χ2v) is 6.07. The van der Waals surface area contributed by atoms with E-state index >= 15 is 0 Å². The molecular weight excluding hydrogens is 244 g/mol. The van der Waals surface area contributed by atoms with Crippen LogP contribution in [0.4, 0.5) is 0 Å². The van der Waals surface area contributed by atoms with Gasteiger partial charge in [-0.1, -0.05) is 18.0 Å². The van der Waals surface area contributed by atoms with Crippen LogP contribution in [0.15, 0.2) is 6.20 Å². The van der Waals surface area contributed by atoms with Gasteiger partial charge in [-0.2, -0.15) is 0 Å². The lowest BCUT2D eigenvalue weighted by molar-refractivity contribution is 0.0460. The number of aliphatic hydroxyl groups excluding tert-OH is 1. The zero-order valence-electron chi connectivity index (χ0n) is 9.40. The summed E-state index contributed by atoms with van der Waals surface area (Å²) < 4.78 is 0.597. The van der Waals surface area contributed by atoms with Gasteiger partial charge in [0.15, 0.2) is 4.47 Å². The summed E-state index contributed by atoms with van der Waals surface area (Å²) >= 11 is 7.35. The Labute approximate surface area is 105 Å². The molecule has 1 N–H and O–H groups in total. The molecule has 5 heteroatoms. The molecular formula is C11H17ClN2OS. The lowest BCUT2D eigenvalue weighted by Gasteiger charge is -2.39. The van der Waals surface area contributed by atoms with E-state index < -0.39 is 0 Å². The van der Waals surface area contributed by atoms with Crippen LogP contribution >= 0.6 is 22.9 Å². The fraction of sp³-hybridized carbons (Fsp3) is 0.727. The average molecular weight is 261 g/mol. The van der Waals surface area contributed by atoms with Crippen molar-refractivity contribution >= 4 is 22.9 Å². The molecule has 1 aromatic rings. The highest BCUT2D eigenvalue weighted by Gasteiger charge is 2.27. The van der Waals surface area contributed by atoms with Crippen LogP contribution in [-0.2, 0) is 6.54 Å². The standard InChI is InChI=1S/C11H17ClN2OS/c1-8-3-2-4-9(7-15)14(8)6-10-5-13-11(12)16-10/h5,8-9,15H,2-4,6-7H2,1H3. The van der Waals surface area contributed by atoms with Crippen LogP contribution in [0.3, 0.4) is 0 Å². The van der Waals surface area contributed by atoms with E-state index in [2.05, 4.69) is 16.8 Å². The van der Waals surface area contributed by atoms with Gasteiger partial charge in [-0.3, -0.25) is 4.90 Å². The predicted molar refractivity (Wildman–Crippen MR) is 66.9 cm³/mol. The minimum Gasteiger partial charge on any atom is -0.395 e. The lowest BCUT2D eigenvalue weighted by atomic mass is 9.97. The number of hydrogen-bond acceptors (Lipinski definition) is 4. The highest BCUT2D eigenvalue weighted by atomic mass is 35.5. The summed E-state index contributed by atoms with van der Waals surface area (Å²) in [4.78, 5) is 7.60. The van der Waals surface area contributed by atoms with Crippen molar-refractivity contribution in [3.8, 4) is 0 Å².